The molecule has 53 heavy (non-hydrogen) atoms. The Bertz CT molecular complexity index is 1010. The molecule has 0 amide bonds. The highest BCUT2D eigenvalue weighted by molar-refractivity contribution is 5.22. The normalized spacial score (nSPS) is 14.6. The molecule has 1 saturated heterocycles. The van der Waals surface area contributed by atoms with Crippen LogP contribution in [0.3, 0.4) is 0 Å². The fraction of sp³-hybridized carbons (Fsp3) is 0.760. The molecule has 1 atom stereocenters. The lowest BCUT2D eigenvalue weighted by atomic mass is 10.0. The van der Waals surface area contributed by atoms with Gasteiger partial charge in [-0.15, -0.1) is 0 Å². The van der Waals surface area contributed by atoms with Crippen LogP contribution in [0.2, 0.25) is 0 Å². The minimum atomic E-state index is 0.0895. The van der Waals surface area contributed by atoms with Gasteiger partial charge in [0.25, 0.3) is 0 Å². The van der Waals surface area contributed by atoms with E-state index in [-0.39, 0.29) is 6.29 Å². The molecule has 0 saturated carbocycles. The standard InChI is InChI=1S/C50H84O3/c1(3-7-11-15-19-23-31-43-51-46-49-36-28-25-29-37-49)5-9-13-17-21-26-34-47-39-41-48(42-40-47)35-27-22-18-14-10-6-2-4-8-12-16-20-24-32-44-52-50-38-30-33-45-53-50/h25,28-29,36-37,39-42,50H,1-24,26-27,30-35,38,43-46H2. The van der Waals surface area contributed by atoms with Crippen molar-refractivity contribution in [1.29, 1.82) is 0 Å². The van der Waals surface area contributed by atoms with E-state index in [4.69, 9.17) is 14.2 Å². The van der Waals surface area contributed by atoms with Gasteiger partial charge in [0.1, 0.15) is 0 Å². The van der Waals surface area contributed by atoms with E-state index in [1.165, 1.54) is 222 Å². The van der Waals surface area contributed by atoms with Crippen LogP contribution in [-0.2, 0) is 33.7 Å². The molecule has 1 aliphatic heterocycles. The number of ether oxygens (including phenoxy) is 3. The van der Waals surface area contributed by atoms with Crippen molar-refractivity contribution in [1.82, 2.24) is 0 Å². The topological polar surface area (TPSA) is 27.7 Å². The second kappa shape index (κ2) is 34.8. The van der Waals surface area contributed by atoms with Crippen LogP contribution < -0.4 is 0 Å². The van der Waals surface area contributed by atoms with Gasteiger partial charge in [-0.25, -0.2) is 0 Å². The van der Waals surface area contributed by atoms with Gasteiger partial charge in [-0.2, -0.15) is 0 Å². The summed E-state index contributed by atoms with van der Waals surface area (Å²) >= 11 is 0. The zero-order valence-electron chi connectivity index (χ0n) is 34.7. The predicted octanol–water partition coefficient (Wildman–Crippen LogP) is 15.5. The summed E-state index contributed by atoms with van der Waals surface area (Å²) in [7, 11) is 0. The Labute approximate surface area is 329 Å². The number of unbranched alkanes of at least 4 members (excludes halogenated alkanes) is 26. The van der Waals surface area contributed by atoms with Crippen LogP contribution in [0.4, 0.5) is 0 Å². The van der Waals surface area contributed by atoms with Gasteiger partial charge >= 0.3 is 0 Å². The number of hydrogen-bond donors (Lipinski definition) is 0. The third kappa shape index (κ3) is 27.5. The molecular weight excluding hydrogens is 649 g/mol. The molecule has 0 radical (unpaired) electrons. The van der Waals surface area contributed by atoms with Crippen molar-refractivity contribution < 1.29 is 14.2 Å². The molecule has 3 heteroatoms. The third-order valence-electron chi connectivity index (χ3n) is 11.4. The summed E-state index contributed by atoms with van der Waals surface area (Å²) in [5.74, 6) is 0. The van der Waals surface area contributed by atoms with Crippen molar-refractivity contribution in [3.63, 3.8) is 0 Å². The summed E-state index contributed by atoms with van der Waals surface area (Å²) < 4.78 is 17.3. The highest BCUT2D eigenvalue weighted by atomic mass is 16.7. The molecule has 1 aliphatic rings. The first-order valence-corrected chi connectivity index (χ1v) is 23.3. The summed E-state index contributed by atoms with van der Waals surface area (Å²) in [4.78, 5) is 0. The van der Waals surface area contributed by atoms with E-state index >= 15 is 0 Å². The Morgan fingerprint density at radius 2 is 0.792 bits per heavy atom. The first-order valence-electron chi connectivity index (χ1n) is 23.3. The van der Waals surface area contributed by atoms with Gasteiger partial charge in [0, 0.05) is 19.8 Å². The molecule has 0 spiro atoms. The molecule has 3 rings (SSSR count). The average molecular weight is 733 g/mol. The van der Waals surface area contributed by atoms with Crippen LogP contribution in [0.1, 0.15) is 216 Å². The van der Waals surface area contributed by atoms with Crippen LogP contribution in [-0.4, -0.2) is 26.1 Å². The van der Waals surface area contributed by atoms with Crippen molar-refractivity contribution in [2.75, 3.05) is 19.8 Å². The fourth-order valence-corrected chi connectivity index (χ4v) is 7.90. The molecule has 0 aliphatic carbocycles. The lowest BCUT2D eigenvalue weighted by molar-refractivity contribution is -0.162. The highest BCUT2D eigenvalue weighted by Crippen LogP contribution is 2.18. The number of rotatable bonds is 37. The summed E-state index contributed by atoms with van der Waals surface area (Å²) in [6, 6.07) is 20.1. The molecule has 1 fully saturated rings. The largest absolute Gasteiger partial charge is 0.377 e. The molecule has 302 valence electrons. The van der Waals surface area contributed by atoms with E-state index in [0.717, 1.165) is 32.8 Å². The first kappa shape index (κ1) is 45.7. The molecule has 0 bridgehead atoms. The minimum absolute atomic E-state index is 0.0895. The monoisotopic (exact) mass is 733 g/mol. The number of aryl methyl sites for hydroxylation is 2. The second-order valence-corrected chi connectivity index (χ2v) is 16.4. The molecule has 2 aromatic carbocycles. The van der Waals surface area contributed by atoms with Crippen LogP contribution in [0.25, 0.3) is 0 Å². The summed E-state index contributed by atoms with van der Waals surface area (Å²) in [5.41, 5.74) is 4.36. The van der Waals surface area contributed by atoms with E-state index in [0.29, 0.717) is 0 Å². The Morgan fingerprint density at radius 3 is 1.21 bits per heavy atom. The van der Waals surface area contributed by atoms with E-state index < -0.39 is 0 Å². The third-order valence-corrected chi connectivity index (χ3v) is 11.4. The van der Waals surface area contributed by atoms with Crippen molar-refractivity contribution in [2.24, 2.45) is 0 Å². The maximum absolute atomic E-state index is 5.84. The fourth-order valence-electron chi connectivity index (χ4n) is 7.90. The van der Waals surface area contributed by atoms with Gasteiger partial charge in [-0.1, -0.05) is 209 Å². The SMILES string of the molecule is c1ccc(COCCCCCCCCCCCCCCCCc2ccc(CCCCCCCCCCCCCCCCOC3CCCCO3)cc2)cc1. The molecule has 2 aromatic rings. The van der Waals surface area contributed by atoms with Gasteiger partial charge in [0.05, 0.1) is 6.61 Å². The Hall–Kier alpha value is -1.68. The van der Waals surface area contributed by atoms with Crippen molar-refractivity contribution >= 4 is 0 Å². The molecular formula is C50H84O3. The second-order valence-electron chi connectivity index (χ2n) is 16.4. The highest BCUT2D eigenvalue weighted by Gasteiger charge is 2.13. The van der Waals surface area contributed by atoms with Crippen LogP contribution >= 0.6 is 0 Å². The summed E-state index contributed by atoms with van der Waals surface area (Å²) in [5, 5.41) is 0. The number of benzene rings is 2. The molecule has 1 unspecified atom stereocenters. The molecule has 0 aromatic heterocycles. The number of hydrogen-bond acceptors (Lipinski definition) is 3. The molecule has 0 N–H and O–H groups in total. The maximum atomic E-state index is 5.84. The van der Waals surface area contributed by atoms with E-state index in [9.17, 15) is 0 Å². The van der Waals surface area contributed by atoms with Crippen LogP contribution in [0.5, 0.6) is 0 Å². The predicted molar refractivity (Wildman–Crippen MR) is 229 cm³/mol. The molecule has 3 nitrogen and oxygen atoms in total. The van der Waals surface area contributed by atoms with Gasteiger partial charge in [-0.05, 0) is 74.5 Å². The Morgan fingerprint density at radius 1 is 0.396 bits per heavy atom. The Balaban J connectivity index is 0.958. The van der Waals surface area contributed by atoms with Crippen LogP contribution in [0.15, 0.2) is 54.6 Å². The van der Waals surface area contributed by atoms with Crippen molar-refractivity contribution in [2.45, 2.75) is 225 Å². The van der Waals surface area contributed by atoms with E-state index in [1.807, 2.05) is 0 Å². The van der Waals surface area contributed by atoms with Gasteiger partial charge < -0.3 is 14.2 Å². The van der Waals surface area contributed by atoms with E-state index in [2.05, 4.69) is 54.6 Å². The maximum Gasteiger partial charge on any atom is 0.157 e. The quantitative estimate of drug-likeness (QED) is 0.0647. The van der Waals surface area contributed by atoms with Gasteiger partial charge in [-0.3, -0.25) is 0 Å². The Kier molecular flexibility index (Phi) is 30.0. The zero-order valence-corrected chi connectivity index (χ0v) is 34.7. The van der Waals surface area contributed by atoms with Gasteiger partial charge in [0.2, 0.25) is 0 Å². The van der Waals surface area contributed by atoms with Gasteiger partial charge in [0.15, 0.2) is 6.29 Å². The van der Waals surface area contributed by atoms with Crippen molar-refractivity contribution in [3.05, 3.63) is 71.3 Å². The van der Waals surface area contributed by atoms with Crippen molar-refractivity contribution in [3.8, 4) is 0 Å². The summed E-state index contributed by atoms with van der Waals surface area (Å²) in [6.45, 7) is 3.43. The molecule has 1 heterocycles. The van der Waals surface area contributed by atoms with E-state index in [1.54, 1.807) is 0 Å². The lowest BCUT2D eigenvalue weighted by Crippen LogP contribution is -2.22. The smallest absolute Gasteiger partial charge is 0.157 e. The minimum Gasteiger partial charge on any atom is -0.377 e. The lowest BCUT2D eigenvalue weighted by Gasteiger charge is -2.22. The average Bonchev–Trinajstić information content (AvgIpc) is 3.20. The first-order chi connectivity index (χ1) is 26.4. The summed E-state index contributed by atoms with van der Waals surface area (Å²) in [6.07, 6.45) is 45.1. The van der Waals surface area contributed by atoms with Crippen LogP contribution in [0, 0.1) is 0 Å². The zero-order chi connectivity index (χ0) is 37.0.